The zero-order valence-corrected chi connectivity index (χ0v) is 53.4. The monoisotopic (exact) mass is 1260 g/mol. The van der Waals surface area contributed by atoms with Gasteiger partial charge in [-0.2, -0.15) is 0 Å². The van der Waals surface area contributed by atoms with Gasteiger partial charge in [0.25, 0.3) is 5.91 Å². The number of thiazole rings is 3. The van der Waals surface area contributed by atoms with Crippen LogP contribution in [-0.2, 0) is 33.8 Å². The highest BCUT2D eigenvalue weighted by molar-refractivity contribution is 7.22. The quantitative estimate of drug-likeness (QED) is 0.0399. The maximum Gasteiger partial charge on any atom is 0.355 e. The summed E-state index contributed by atoms with van der Waals surface area (Å²) >= 11 is 4.31. The third-order valence-corrected chi connectivity index (χ3v) is 21.2. The number of aryl methyl sites for hydroxylation is 2. The Morgan fingerprint density at radius 3 is 2.42 bits per heavy atom. The lowest BCUT2D eigenvalue weighted by Gasteiger charge is -2.45. The van der Waals surface area contributed by atoms with Gasteiger partial charge in [-0.15, -0.1) is 22.7 Å². The number of aromatic nitrogens is 3. The van der Waals surface area contributed by atoms with Crippen LogP contribution < -0.4 is 25.6 Å². The SMILES string of the molecule is Cc1ncsc1-c1ccc([C@H](C)NC(=O)[C@@H]2C[C@@H](O)CN2C(=O)[C@@H](NC(=O)CC2CCC3(CC2)CCN(CC#Cc2ccc(OCCCc4sc(N5CCc6cccc(C(=O)Nc7nc8ccccc8s7)c6C5)nc4C(=O)O)c(F)c2)CC3)C(C)(C)C)cc1. The van der Waals surface area contributed by atoms with Crippen LogP contribution >= 0.6 is 34.0 Å². The maximum absolute atomic E-state index is 15.4. The maximum atomic E-state index is 15.4. The van der Waals surface area contributed by atoms with E-state index in [0.717, 1.165) is 94.7 Å². The number of nitrogens with one attached hydrogen (secondary N) is 3. The lowest BCUT2D eigenvalue weighted by molar-refractivity contribution is -0.144. The Labute approximate surface area is 530 Å². The van der Waals surface area contributed by atoms with E-state index in [4.69, 9.17) is 4.74 Å². The standard InChI is InChI=1S/C68H76FN9O8S3/c1-41(45-18-20-47(21-19-45)59-42(2)70-40-87-59)71-62(82)53-37-48(79)38-78(53)63(83)60(67(3,4)5)73-57(80)36-44-23-26-68(27-24-44)28-32-76(33-29-68)30-9-11-43-17-22-54(51(69)35-43)86-34-10-16-56-58(64(84)85)74-66(89-56)77-31-25-46-12-8-13-49(50(46)39-77)61(81)75-65-72-52-14-6-7-15-55(52)88-65/h6-8,12-15,17-22,35,40-41,44,48,53,60,79H,10,16,23-34,36-39H2,1-5H3,(H,71,82)(H,73,80)(H,84,85)(H,72,75,81)/t41-,48+,53-,60+/m0/s1. The molecule has 1 spiro atoms. The Balaban J connectivity index is 0.601. The molecule has 3 aliphatic heterocycles. The van der Waals surface area contributed by atoms with Gasteiger partial charge in [0, 0.05) is 48.5 Å². The molecule has 0 bridgehead atoms. The van der Waals surface area contributed by atoms with Gasteiger partial charge in [0.2, 0.25) is 17.7 Å². The number of carboxylic acids is 1. The molecule has 3 fully saturated rings. The zero-order chi connectivity index (χ0) is 62.6. The molecule has 7 aromatic rings. The predicted octanol–water partition coefficient (Wildman–Crippen LogP) is 11.2. The number of β-amino-alcohol motifs (C(OH)–C–C–N with tert-alkyl or cyclic N) is 1. The largest absolute Gasteiger partial charge is 0.491 e. The van der Waals surface area contributed by atoms with Gasteiger partial charge in [-0.1, -0.05) is 92.5 Å². The van der Waals surface area contributed by atoms with Gasteiger partial charge < -0.3 is 35.4 Å². The lowest BCUT2D eigenvalue weighted by Crippen LogP contribution is -2.58. The highest BCUT2D eigenvalue weighted by Gasteiger charge is 2.45. The number of hydrogen-bond acceptors (Lipinski definition) is 15. The number of ether oxygens (including phenoxy) is 1. The highest BCUT2D eigenvalue weighted by atomic mass is 32.1. The third-order valence-electron chi connectivity index (χ3n) is 18.1. The number of nitrogens with zero attached hydrogens (tertiary/aromatic N) is 6. The molecule has 4 amide bonds. The third kappa shape index (κ3) is 14.8. The molecule has 466 valence electrons. The molecule has 0 unspecified atom stereocenters. The van der Waals surface area contributed by atoms with Crippen LogP contribution in [0.4, 0.5) is 14.7 Å². The number of aliphatic hydroxyl groups is 1. The average molecular weight is 1260 g/mol. The first-order valence-corrected chi connectivity index (χ1v) is 33.3. The van der Waals surface area contributed by atoms with E-state index in [2.05, 4.69) is 47.6 Å². The van der Waals surface area contributed by atoms with Crippen molar-refractivity contribution in [3.63, 3.8) is 0 Å². The molecule has 11 rings (SSSR count). The molecule has 6 heterocycles. The number of fused-ring (bicyclic) bond motifs is 2. The number of aromatic carboxylic acids is 1. The normalized spacial score (nSPS) is 18.4. The van der Waals surface area contributed by atoms with Crippen molar-refractivity contribution in [3.8, 4) is 28.0 Å². The average Bonchev–Trinajstić information content (AvgIpc) is 2.69. The number of hydrogen-bond donors (Lipinski definition) is 5. The molecule has 17 nitrogen and oxygen atoms in total. The zero-order valence-electron chi connectivity index (χ0n) is 50.9. The molecule has 1 saturated carbocycles. The fourth-order valence-corrected chi connectivity index (χ4v) is 15.7. The fourth-order valence-electron chi connectivity index (χ4n) is 12.9. The van der Waals surface area contributed by atoms with Crippen molar-refractivity contribution in [2.45, 2.75) is 136 Å². The Morgan fingerprint density at radius 2 is 1.70 bits per heavy atom. The number of carbonyl (C=O) groups excluding carboxylic acids is 4. The van der Waals surface area contributed by atoms with Crippen LogP contribution in [0.1, 0.15) is 145 Å². The van der Waals surface area contributed by atoms with E-state index in [1.165, 1.54) is 33.6 Å². The van der Waals surface area contributed by atoms with Crippen LogP contribution in [-0.4, -0.2) is 122 Å². The van der Waals surface area contributed by atoms with Crippen LogP contribution in [0.25, 0.3) is 20.7 Å². The molecule has 3 aromatic heterocycles. The van der Waals surface area contributed by atoms with Gasteiger partial charge in [-0.3, -0.25) is 29.4 Å². The number of rotatable bonds is 18. The molecule has 89 heavy (non-hydrogen) atoms. The van der Waals surface area contributed by atoms with Crippen molar-refractivity contribution < 1.29 is 43.3 Å². The van der Waals surface area contributed by atoms with E-state index in [1.54, 1.807) is 29.5 Å². The van der Waals surface area contributed by atoms with E-state index in [1.807, 2.05) is 106 Å². The van der Waals surface area contributed by atoms with Crippen molar-refractivity contribution in [1.82, 2.24) is 35.4 Å². The van der Waals surface area contributed by atoms with Gasteiger partial charge >= 0.3 is 5.97 Å². The van der Waals surface area contributed by atoms with E-state index in [9.17, 15) is 34.2 Å². The number of carboxylic acid groups (broad SMARTS) is 1. The molecule has 5 N–H and O–H groups in total. The van der Waals surface area contributed by atoms with Gasteiger partial charge in [-0.25, -0.2) is 24.1 Å². The minimum absolute atomic E-state index is 0.0101. The molecule has 2 saturated heterocycles. The number of amides is 4. The minimum atomic E-state index is -1.13. The van der Waals surface area contributed by atoms with E-state index in [-0.39, 0.29) is 72.0 Å². The fraction of sp³-hybridized carbons (Fsp3) is 0.441. The molecule has 0 radical (unpaired) electrons. The number of para-hydroxylation sites is 1. The molecular formula is C68H76FN9O8S3. The summed E-state index contributed by atoms with van der Waals surface area (Å²) in [7, 11) is 0. The Hall–Kier alpha value is -7.61. The number of anilines is 2. The topological polar surface area (TPSA) is 220 Å². The number of piperidine rings is 1. The minimum Gasteiger partial charge on any atom is -0.491 e. The summed E-state index contributed by atoms with van der Waals surface area (Å²) in [4.78, 5) is 89.0. The molecule has 21 heteroatoms. The summed E-state index contributed by atoms with van der Waals surface area (Å²) in [6, 6.07) is 24.0. The van der Waals surface area contributed by atoms with Gasteiger partial charge in [0.1, 0.15) is 12.1 Å². The number of halogens is 1. The second-order valence-electron chi connectivity index (χ2n) is 25.3. The number of likely N-dealkylation sites (tertiary alicyclic amines) is 2. The summed E-state index contributed by atoms with van der Waals surface area (Å²) < 4.78 is 22.2. The Morgan fingerprint density at radius 1 is 0.921 bits per heavy atom. The smallest absolute Gasteiger partial charge is 0.355 e. The van der Waals surface area contributed by atoms with E-state index in [0.29, 0.717) is 71.6 Å². The Kier molecular flexibility index (Phi) is 19.3. The molecule has 4 atom stereocenters. The van der Waals surface area contributed by atoms with E-state index >= 15 is 4.39 Å². The number of aliphatic hydroxyl groups excluding tert-OH is 1. The van der Waals surface area contributed by atoms with Crippen LogP contribution in [0.3, 0.4) is 0 Å². The molecule has 1 aliphatic carbocycles. The van der Waals surface area contributed by atoms with Crippen molar-refractivity contribution >= 4 is 84.1 Å². The first kappa shape index (κ1) is 63.0. The number of carbonyl (C=O) groups is 5. The Bertz CT molecular complexity index is 3780. The highest BCUT2D eigenvalue weighted by Crippen LogP contribution is 2.47. The van der Waals surface area contributed by atoms with Crippen LogP contribution in [0.2, 0.25) is 0 Å². The summed E-state index contributed by atoms with van der Waals surface area (Å²) in [5, 5.41) is 31.1. The summed E-state index contributed by atoms with van der Waals surface area (Å²) in [5.41, 5.74) is 8.11. The van der Waals surface area contributed by atoms with Crippen LogP contribution in [0, 0.1) is 41.3 Å². The van der Waals surface area contributed by atoms with Crippen molar-refractivity contribution in [3.05, 3.63) is 140 Å². The van der Waals surface area contributed by atoms with Crippen LogP contribution in [0.5, 0.6) is 5.75 Å². The van der Waals surface area contributed by atoms with Crippen molar-refractivity contribution in [1.29, 1.82) is 0 Å². The first-order chi connectivity index (χ1) is 42.8. The molecule has 4 aliphatic rings. The molecule has 4 aromatic carbocycles. The van der Waals surface area contributed by atoms with Gasteiger partial charge in [0.05, 0.1) is 51.6 Å². The summed E-state index contributed by atoms with van der Waals surface area (Å²) in [6.07, 6.45) is 7.00. The summed E-state index contributed by atoms with van der Waals surface area (Å²) in [5.74, 6) is 3.85. The van der Waals surface area contributed by atoms with Crippen molar-refractivity contribution in [2.75, 3.05) is 49.5 Å². The van der Waals surface area contributed by atoms with Gasteiger partial charge in [-0.05, 0) is 160 Å². The molecular weight excluding hydrogens is 1190 g/mol. The predicted molar refractivity (Wildman–Crippen MR) is 346 cm³/mol. The number of benzene rings is 4. The first-order valence-electron chi connectivity index (χ1n) is 30.7. The second kappa shape index (κ2) is 27.2. The van der Waals surface area contributed by atoms with Gasteiger partial charge in [0.15, 0.2) is 27.5 Å². The van der Waals surface area contributed by atoms with Crippen LogP contribution in [0.15, 0.2) is 90.4 Å². The second-order valence-corrected chi connectivity index (χ2v) is 28.3. The lowest BCUT2D eigenvalue weighted by atomic mass is 9.65. The summed E-state index contributed by atoms with van der Waals surface area (Å²) in [6.45, 7) is 13.1. The van der Waals surface area contributed by atoms with Crippen molar-refractivity contribution in [2.24, 2.45) is 16.7 Å². The van der Waals surface area contributed by atoms with E-state index < -0.39 is 35.4 Å².